The molecule has 0 aromatic rings. The molecule has 0 saturated heterocycles. The van der Waals surface area contributed by atoms with Crippen LogP contribution in [0.25, 0.3) is 0 Å². The Bertz CT molecular complexity index is 301. The number of terminal acetylenes is 1. The van der Waals surface area contributed by atoms with Crippen LogP contribution in [0.1, 0.15) is 26.2 Å². The minimum absolute atomic E-state index is 0.0529. The molecule has 0 aromatic heterocycles. The summed E-state index contributed by atoms with van der Waals surface area (Å²) in [6.07, 6.45) is 6.14. The number of carboxylic acids is 1. The molecule has 0 amide bonds. The monoisotopic (exact) mass is 208 g/mol. The summed E-state index contributed by atoms with van der Waals surface area (Å²) >= 11 is 0. The lowest BCUT2D eigenvalue weighted by Gasteiger charge is -2.30. The maximum atomic E-state index is 10.6. The van der Waals surface area contributed by atoms with Crippen LogP contribution in [-0.2, 0) is 4.79 Å². The Hall–Kier alpha value is -1.52. The number of hydrogen-bond acceptors (Lipinski definition) is 3. The molecule has 3 N–H and O–H groups in total. The van der Waals surface area contributed by atoms with Crippen LogP contribution in [0, 0.1) is 35.0 Å². The van der Waals surface area contributed by atoms with Crippen LogP contribution in [0.15, 0.2) is 0 Å². The van der Waals surface area contributed by atoms with Gasteiger partial charge in [-0.3, -0.25) is 4.79 Å². The van der Waals surface area contributed by atoms with E-state index in [4.69, 9.17) is 22.5 Å². The molecular weight excluding hydrogens is 192 g/mol. The first-order valence-corrected chi connectivity index (χ1v) is 4.76. The molecule has 2 atom stereocenters. The zero-order valence-corrected chi connectivity index (χ0v) is 8.86. The Balaban J connectivity index is 4.66. The highest BCUT2D eigenvalue weighted by molar-refractivity contribution is 5.67. The number of nitrogens with two attached hydrogens (primary N) is 1. The molecule has 0 aromatic carbocycles. The zero-order chi connectivity index (χ0) is 11.9. The van der Waals surface area contributed by atoms with Crippen molar-refractivity contribution in [1.82, 2.24) is 0 Å². The number of carbonyl (C=O) groups is 1. The zero-order valence-electron chi connectivity index (χ0n) is 8.86. The van der Waals surface area contributed by atoms with E-state index in [1.54, 1.807) is 6.92 Å². The predicted molar refractivity (Wildman–Crippen MR) is 56.6 cm³/mol. The lowest BCUT2D eigenvalue weighted by Crippen LogP contribution is -2.33. The van der Waals surface area contributed by atoms with Gasteiger partial charge in [0.2, 0.25) is 0 Å². The van der Waals surface area contributed by atoms with E-state index in [2.05, 4.69) is 5.92 Å². The van der Waals surface area contributed by atoms with Gasteiger partial charge in [-0.25, -0.2) is 0 Å². The van der Waals surface area contributed by atoms with Gasteiger partial charge in [-0.15, -0.1) is 6.42 Å². The van der Waals surface area contributed by atoms with Gasteiger partial charge in [0.25, 0.3) is 0 Å². The van der Waals surface area contributed by atoms with Crippen LogP contribution >= 0.6 is 0 Å². The van der Waals surface area contributed by atoms with Gasteiger partial charge in [0.15, 0.2) is 0 Å². The van der Waals surface area contributed by atoms with Gasteiger partial charge in [-0.1, -0.05) is 5.92 Å². The average molecular weight is 208 g/mol. The van der Waals surface area contributed by atoms with Gasteiger partial charge in [0.1, 0.15) is 0 Å². The summed E-state index contributed by atoms with van der Waals surface area (Å²) in [6.45, 7) is 2.00. The summed E-state index contributed by atoms with van der Waals surface area (Å²) in [5.74, 6) is 1.38. The minimum atomic E-state index is -0.913. The molecule has 0 aliphatic heterocycles. The maximum absolute atomic E-state index is 10.6. The van der Waals surface area contributed by atoms with E-state index in [9.17, 15) is 4.79 Å². The van der Waals surface area contributed by atoms with Crippen molar-refractivity contribution in [3.63, 3.8) is 0 Å². The molecule has 0 spiro atoms. The quantitative estimate of drug-likeness (QED) is 0.637. The largest absolute Gasteiger partial charge is 0.481 e. The highest BCUT2D eigenvalue weighted by Crippen LogP contribution is 2.33. The highest BCUT2D eigenvalue weighted by Gasteiger charge is 2.32. The molecule has 0 aliphatic rings. The van der Waals surface area contributed by atoms with E-state index in [-0.39, 0.29) is 18.9 Å². The van der Waals surface area contributed by atoms with Crippen molar-refractivity contribution < 1.29 is 9.90 Å². The third-order valence-corrected chi connectivity index (χ3v) is 2.69. The van der Waals surface area contributed by atoms with Gasteiger partial charge in [-0.2, -0.15) is 5.26 Å². The second-order valence-electron chi connectivity index (χ2n) is 3.75. The van der Waals surface area contributed by atoms with Crippen molar-refractivity contribution in [2.45, 2.75) is 26.2 Å². The molecule has 0 unspecified atom stereocenters. The van der Waals surface area contributed by atoms with Crippen molar-refractivity contribution in [2.75, 3.05) is 6.54 Å². The molecule has 0 saturated carbocycles. The average Bonchev–Trinajstić information content (AvgIpc) is 2.22. The van der Waals surface area contributed by atoms with E-state index in [1.165, 1.54) is 0 Å². The maximum Gasteiger partial charge on any atom is 0.303 e. The highest BCUT2D eigenvalue weighted by atomic mass is 16.4. The molecule has 15 heavy (non-hydrogen) atoms. The standard InChI is InChI=1S/C11H16N2O2/c1-3-11(2,5-4-6-12)9(8-13)7-10(14)15/h1,9H,4-5,7-8,13H2,2H3,(H,14,15)/t9-,11+/m0/s1. The van der Waals surface area contributed by atoms with Crippen LogP contribution in [0.5, 0.6) is 0 Å². The number of hydrogen-bond donors (Lipinski definition) is 2. The van der Waals surface area contributed by atoms with Crippen LogP contribution < -0.4 is 5.73 Å². The Morgan fingerprint density at radius 1 is 1.73 bits per heavy atom. The Morgan fingerprint density at radius 3 is 2.67 bits per heavy atom. The topological polar surface area (TPSA) is 87.1 Å². The third-order valence-electron chi connectivity index (χ3n) is 2.69. The first kappa shape index (κ1) is 13.5. The van der Waals surface area contributed by atoms with Crippen molar-refractivity contribution in [3.05, 3.63) is 0 Å². The smallest absolute Gasteiger partial charge is 0.303 e. The second kappa shape index (κ2) is 6.06. The first-order valence-electron chi connectivity index (χ1n) is 4.76. The molecule has 0 bridgehead atoms. The van der Waals surface area contributed by atoms with Gasteiger partial charge < -0.3 is 10.8 Å². The van der Waals surface area contributed by atoms with Crippen LogP contribution in [-0.4, -0.2) is 17.6 Å². The van der Waals surface area contributed by atoms with E-state index >= 15 is 0 Å². The molecule has 0 aliphatic carbocycles. The fraction of sp³-hybridized carbons (Fsp3) is 0.636. The van der Waals surface area contributed by atoms with Gasteiger partial charge in [-0.05, 0) is 25.8 Å². The third kappa shape index (κ3) is 4.01. The molecule has 0 heterocycles. The summed E-state index contributed by atoms with van der Waals surface area (Å²) in [4.78, 5) is 10.6. The molecule has 0 radical (unpaired) electrons. The molecule has 4 nitrogen and oxygen atoms in total. The predicted octanol–water partition coefficient (Wildman–Crippen LogP) is 0.979. The Morgan fingerprint density at radius 2 is 2.33 bits per heavy atom. The lowest BCUT2D eigenvalue weighted by molar-refractivity contribution is -0.138. The van der Waals surface area contributed by atoms with E-state index in [0.717, 1.165) is 0 Å². The van der Waals surface area contributed by atoms with Gasteiger partial charge >= 0.3 is 5.97 Å². The SMILES string of the molecule is C#C[C@](C)(CCC#N)[C@H](CN)CC(=O)O. The Kier molecular flexibility index (Phi) is 5.44. The minimum Gasteiger partial charge on any atom is -0.481 e. The van der Waals surface area contributed by atoms with Crippen molar-refractivity contribution in [2.24, 2.45) is 17.1 Å². The van der Waals surface area contributed by atoms with Crippen LogP contribution in [0.2, 0.25) is 0 Å². The van der Waals surface area contributed by atoms with Crippen LogP contribution in [0.4, 0.5) is 0 Å². The molecular formula is C11H16N2O2. The molecule has 0 fully saturated rings. The second-order valence-corrected chi connectivity index (χ2v) is 3.75. The summed E-state index contributed by atoms with van der Waals surface area (Å²) in [5, 5.41) is 17.2. The summed E-state index contributed by atoms with van der Waals surface area (Å²) in [6, 6.07) is 2.01. The Labute approximate surface area is 90.1 Å². The fourth-order valence-corrected chi connectivity index (χ4v) is 1.49. The molecule has 0 rings (SSSR count). The number of aliphatic carboxylic acids is 1. The van der Waals surface area contributed by atoms with Gasteiger partial charge in [0.05, 0.1) is 12.5 Å². The van der Waals surface area contributed by atoms with Crippen LogP contribution in [0.3, 0.4) is 0 Å². The van der Waals surface area contributed by atoms with E-state index < -0.39 is 11.4 Å². The molecule has 4 heteroatoms. The summed E-state index contributed by atoms with van der Waals surface area (Å²) < 4.78 is 0. The number of rotatable bonds is 6. The summed E-state index contributed by atoms with van der Waals surface area (Å²) in [7, 11) is 0. The van der Waals surface area contributed by atoms with Crippen molar-refractivity contribution in [3.8, 4) is 18.4 Å². The number of carboxylic acid groups (broad SMARTS) is 1. The first-order chi connectivity index (χ1) is 7.00. The number of nitrogens with zero attached hydrogens (tertiary/aromatic N) is 1. The van der Waals surface area contributed by atoms with E-state index in [1.807, 2.05) is 6.07 Å². The fourth-order valence-electron chi connectivity index (χ4n) is 1.49. The number of nitriles is 1. The lowest BCUT2D eigenvalue weighted by atomic mass is 9.73. The van der Waals surface area contributed by atoms with E-state index in [0.29, 0.717) is 12.8 Å². The normalized spacial score (nSPS) is 15.7. The summed E-state index contributed by atoms with van der Waals surface area (Å²) in [5.41, 5.74) is 4.90. The molecule has 82 valence electrons. The van der Waals surface area contributed by atoms with Gasteiger partial charge in [0, 0.05) is 11.8 Å². The van der Waals surface area contributed by atoms with Crippen molar-refractivity contribution >= 4 is 5.97 Å². The van der Waals surface area contributed by atoms with Crippen molar-refractivity contribution in [1.29, 1.82) is 5.26 Å².